The summed E-state index contributed by atoms with van der Waals surface area (Å²) in [6.07, 6.45) is 5.42. The lowest BCUT2D eigenvalue weighted by atomic mass is 9.60. The summed E-state index contributed by atoms with van der Waals surface area (Å²) >= 11 is 0. The SMILES string of the molecule is Cc1nc(-c2ccc(S(=O)(=O)NC3CCC34CCOCC4)cc2)co1. The van der Waals surface area contributed by atoms with Crippen LogP contribution in [0.15, 0.2) is 39.8 Å². The van der Waals surface area contributed by atoms with Gasteiger partial charge in [-0.15, -0.1) is 0 Å². The minimum Gasteiger partial charge on any atom is -0.449 e. The van der Waals surface area contributed by atoms with Crippen molar-refractivity contribution in [1.82, 2.24) is 9.71 Å². The zero-order valence-corrected chi connectivity index (χ0v) is 15.0. The molecule has 1 spiro atoms. The van der Waals surface area contributed by atoms with Crippen molar-refractivity contribution < 1.29 is 17.6 Å². The first-order chi connectivity index (χ1) is 12.0. The molecule has 25 heavy (non-hydrogen) atoms. The number of oxazole rings is 1. The van der Waals surface area contributed by atoms with Gasteiger partial charge in [0.15, 0.2) is 5.89 Å². The summed E-state index contributed by atoms with van der Waals surface area (Å²) in [5.74, 6) is 0.583. The predicted octanol–water partition coefficient (Wildman–Crippen LogP) is 2.89. The first-order valence-corrected chi connectivity index (χ1v) is 10.1. The standard InChI is InChI=1S/C18H22N2O4S/c1-13-19-16(12-24-13)14-2-4-15(5-3-14)25(21,22)20-17-6-7-18(17)8-10-23-11-9-18/h2-5,12,17,20H,6-11H2,1H3. The van der Waals surface area contributed by atoms with Crippen molar-refractivity contribution in [1.29, 1.82) is 0 Å². The molecule has 134 valence electrons. The highest BCUT2D eigenvalue weighted by molar-refractivity contribution is 7.89. The summed E-state index contributed by atoms with van der Waals surface area (Å²) in [4.78, 5) is 4.54. The first-order valence-electron chi connectivity index (χ1n) is 8.61. The Morgan fingerprint density at radius 3 is 2.44 bits per heavy atom. The number of aryl methyl sites for hydroxylation is 1. The Hall–Kier alpha value is -1.70. The number of hydrogen-bond donors (Lipinski definition) is 1. The maximum absolute atomic E-state index is 12.7. The van der Waals surface area contributed by atoms with Crippen LogP contribution in [0.4, 0.5) is 0 Å². The van der Waals surface area contributed by atoms with E-state index in [0.29, 0.717) is 11.6 Å². The lowest BCUT2D eigenvalue weighted by Gasteiger charge is -2.51. The Balaban J connectivity index is 1.50. The van der Waals surface area contributed by atoms with Gasteiger partial charge in [-0.05, 0) is 43.2 Å². The fourth-order valence-electron chi connectivity index (χ4n) is 3.81. The van der Waals surface area contributed by atoms with E-state index in [9.17, 15) is 8.42 Å². The van der Waals surface area contributed by atoms with Crippen LogP contribution in [0.2, 0.25) is 0 Å². The molecule has 4 rings (SSSR count). The number of nitrogens with zero attached hydrogens (tertiary/aromatic N) is 1. The van der Waals surface area contributed by atoms with Gasteiger partial charge in [0.1, 0.15) is 12.0 Å². The van der Waals surface area contributed by atoms with Crippen molar-refractivity contribution in [2.45, 2.75) is 43.5 Å². The minimum atomic E-state index is -3.52. The molecule has 2 aromatic rings. The van der Waals surface area contributed by atoms with E-state index in [1.807, 2.05) is 0 Å². The number of nitrogens with one attached hydrogen (secondary N) is 1. The summed E-state index contributed by atoms with van der Waals surface area (Å²) in [6, 6.07) is 6.78. The molecule has 1 aromatic carbocycles. The Labute approximate surface area is 147 Å². The molecule has 7 heteroatoms. The van der Waals surface area contributed by atoms with Crippen molar-refractivity contribution >= 4 is 10.0 Å². The molecule has 0 amide bonds. The van der Waals surface area contributed by atoms with E-state index in [0.717, 1.165) is 44.5 Å². The molecule has 1 N–H and O–H groups in total. The number of rotatable bonds is 4. The highest BCUT2D eigenvalue weighted by atomic mass is 32.2. The van der Waals surface area contributed by atoms with Gasteiger partial charge in [0.25, 0.3) is 0 Å². The fourth-order valence-corrected chi connectivity index (χ4v) is 5.19. The molecule has 6 nitrogen and oxygen atoms in total. The van der Waals surface area contributed by atoms with Crippen molar-refractivity contribution in [3.05, 3.63) is 36.4 Å². The van der Waals surface area contributed by atoms with Gasteiger partial charge in [0.2, 0.25) is 10.0 Å². The van der Waals surface area contributed by atoms with Crippen molar-refractivity contribution in [3.8, 4) is 11.3 Å². The molecule has 1 aliphatic heterocycles. The lowest BCUT2D eigenvalue weighted by Crippen LogP contribution is -2.57. The topological polar surface area (TPSA) is 81.4 Å². The summed E-state index contributed by atoms with van der Waals surface area (Å²) in [6.45, 7) is 3.23. The number of benzene rings is 1. The molecular weight excluding hydrogens is 340 g/mol. The monoisotopic (exact) mass is 362 g/mol. The molecule has 1 aromatic heterocycles. The smallest absolute Gasteiger partial charge is 0.240 e. The van der Waals surface area contributed by atoms with Gasteiger partial charge >= 0.3 is 0 Å². The summed E-state index contributed by atoms with van der Waals surface area (Å²) in [5, 5.41) is 0. The van der Waals surface area contributed by atoms with E-state index in [2.05, 4.69) is 9.71 Å². The van der Waals surface area contributed by atoms with Gasteiger partial charge in [-0.2, -0.15) is 0 Å². The molecule has 2 heterocycles. The number of sulfonamides is 1. The molecule has 1 aliphatic carbocycles. The Kier molecular flexibility index (Phi) is 4.17. The van der Waals surface area contributed by atoms with Gasteiger partial charge in [0, 0.05) is 31.7 Å². The van der Waals surface area contributed by atoms with E-state index in [4.69, 9.17) is 9.15 Å². The van der Waals surface area contributed by atoms with Crippen LogP contribution in [-0.4, -0.2) is 32.7 Å². The molecule has 0 bridgehead atoms. The summed E-state index contributed by atoms with van der Waals surface area (Å²) in [7, 11) is -3.52. The molecule has 1 atom stereocenters. The van der Waals surface area contributed by atoms with Crippen LogP contribution in [-0.2, 0) is 14.8 Å². The third kappa shape index (κ3) is 3.12. The first kappa shape index (κ1) is 16.8. The molecule has 1 saturated heterocycles. The van der Waals surface area contributed by atoms with Crippen LogP contribution in [0, 0.1) is 12.3 Å². The minimum absolute atomic E-state index is 0.0132. The molecule has 0 radical (unpaired) electrons. The molecule has 2 fully saturated rings. The van der Waals surface area contributed by atoms with Crippen LogP contribution in [0.25, 0.3) is 11.3 Å². The van der Waals surface area contributed by atoms with Crippen molar-refractivity contribution in [2.75, 3.05) is 13.2 Å². The second-order valence-electron chi connectivity index (χ2n) is 6.96. The largest absolute Gasteiger partial charge is 0.449 e. The Morgan fingerprint density at radius 1 is 1.16 bits per heavy atom. The van der Waals surface area contributed by atoms with E-state index < -0.39 is 10.0 Å². The molecular formula is C18H22N2O4S. The van der Waals surface area contributed by atoms with Gasteiger partial charge in [-0.1, -0.05) is 12.1 Å². The fraction of sp³-hybridized carbons (Fsp3) is 0.500. The normalized spacial score (nSPS) is 22.7. The number of ether oxygens (including phenoxy) is 1. The van der Waals surface area contributed by atoms with Gasteiger partial charge in [0.05, 0.1) is 4.90 Å². The lowest BCUT2D eigenvalue weighted by molar-refractivity contribution is -0.0483. The Bertz CT molecular complexity index is 851. The highest BCUT2D eigenvalue weighted by Crippen LogP contribution is 2.49. The van der Waals surface area contributed by atoms with Crippen LogP contribution in [0.3, 0.4) is 0 Å². The van der Waals surface area contributed by atoms with E-state index in [-0.39, 0.29) is 16.4 Å². The zero-order chi connectivity index (χ0) is 17.5. The van der Waals surface area contributed by atoms with E-state index >= 15 is 0 Å². The molecule has 1 unspecified atom stereocenters. The summed E-state index contributed by atoms with van der Waals surface area (Å²) < 4.78 is 39.0. The molecule has 2 aliphatic rings. The van der Waals surface area contributed by atoms with Crippen LogP contribution < -0.4 is 4.72 Å². The second kappa shape index (κ2) is 6.23. The number of aromatic nitrogens is 1. The quantitative estimate of drug-likeness (QED) is 0.904. The third-order valence-corrected chi connectivity index (χ3v) is 7.02. The van der Waals surface area contributed by atoms with Gasteiger partial charge in [-0.25, -0.2) is 18.1 Å². The van der Waals surface area contributed by atoms with E-state index in [1.54, 1.807) is 37.5 Å². The summed E-state index contributed by atoms with van der Waals surface area (Å²) in [5.41, 5.74) is 1.62. The average Bonchev–Trinajstić information content (AvgIpc) is 3.06. The highest BCUT2D eigenvalue weighted by Gasteiger charge is 2.48. The second-order valence-corrected chi connectivity index (χ2v) is 8.68. The zero-order valence-electron chi connectivity index (χ0n) is 14.2. The van der Waals surface area contributed by atoms with E-state index in [1.165, 1.54) is 0 Å². The van der Waals surface area contributed by atoms with Crippen LogP contribution in [0.1, 0.15) is 31.6 Å². The van der Waals surface area contributed by atoms with Crippen molar-refractivity contribution in [2.24, 2.45) is 5.41 Å². The van der Waals surface area contributed by atoms with Crippen molar-refractivity contribution in [3.63, 3.8) is 0 Å². The number of hydrogen-bond acceptors (Lipinski definition) is 5. The molecule has 1 saturated carbocycles. The van der Waals surface area contributed by atoms with Crippen LogP contribution in [0.5, 0.6) is 0 Å². The Morgan fingerprint density at radius 2 is 1.88 bits per heavy atom. The maximum Gasteiger partial charge on any atom is 0.240 e. The third-order valence-electron chi connectivity index (χ3n) is 5.54. The predicted molar refractivity (Wildman–Crippen MR) is 92.5 cm³/mol. The van der Waals surface area contributed by atoms with Crippen LogP contribution >= 0.6 is 0 Å². The van der Waals surface area contributed by atoms with Gasteiger partial charge < -0.3 is 9.15 Å². The average molecular weight is 362 g/mol. The maximum atomic E-state index is 12.7. The van der Waals surface area contributed by atoms with Gasteiger partial charge in [-0.3, -0.25) is 0 Å².